The Balaban J connectivity index is 2.21. The average Bonchev–Trinajstić information content (AvgIpc) is 2.47. The van der Waals surface area contributed by atoms with Crippen molar-refractivity contribution in [3.05, 3.63) is 47.8 Å². The zero-order valence-electron chi connectivity index (χ0n) is 12.1. The molecule has 0 bridgehead atoms. The number of hydrogen-bond acceptors (Lipinski definition) is 4. The van der Waals surface area contributed by atoms with Crippen molar-refractivity contribution in [3.8, 4) is 11.5 Å². The molecule has 106 valence electrons. The van der Waals surface area contributed by atoms with E-state index in [-0.39, 0.29) is 0 Å². The number of hydrogen-bond donors (Lipinski definition) is 1. The maximum absolute atomic E-state index is 5.87. The highest BCUT2D eigenvalue weighted by atomic mass is 16.5. The monoisotopic (exact) mass is 272 g/mol. The summed E-state index contributed by atoms with van der Waals surface area (Å²) in [4.78, 5) is 4.09. The van der Waals surface area contributed by atoms with E-state index in [0.29, 0.717) is 13.2 Å². The zero-order chi connectivity index (χ0) is 14.4. The van der Waals surface area contributed by atoms with E-state index in [0.717, 1.165) is 28.3 Å². The number of anilines is 1. The van der Waals surface area contributed by atoms with Crippen molar-refractivity contribution in [2.75, 3.05) is 19.0 Å². The lowest BCUT2D eigenvalue weighted by Gasteiger charge is -2.16. The first-order valence-corrected chi connectivity index (χ1v) is 6.72. The van der Waals surface area contributed by atoms with E-state index in [2.05, 4.69) is 10.3 Å². The fraction of sp³-hybridized carbons (Fsp3) is 0.312. The summed E-state index contributed by atoms with van der Waals surface area (Å²) in [5.74, 6) is 1.64. The summed E-state index contributed by atoms with van der Waals surface area (Å²) in [5.41, 5.74) is 3.09. The van der Waals surface area contributed by atoms with Crippen LogP contribution < -0.4 is 14.8 Å². The van der Waals surface area contributed by atoms with Gasteiger partial charge in [-0.15, -0.1) is 0 Å². The molecule has 0 aliphatic carbocycles. The van der Waals surface area contributed by atoms with Crippen molar-refractivity contribution in [3.63, 3.8) is 0 Å². The summed E-state index contributed by atoms with van der Waals surface area (Å²) in [6.07, 6.45) is 3.49. The van der Waals surface area contributed by atoms with Gasteiger partial charge in [0.15, 0.2) is 0 Å². The van der Waals surface area contributed by atoms with E-state index < -0.39 is 0 Å². The average molecular weight is 272 g/mol. The molecule has 1 aromatic carbocycles. The van der Waals surface area contributed by atoms with Crippen LogP contribution in [0.25, 0.3) is 0 Å². The molecule has 0 spiro atoms. The quantitative estimate of drug-likeness (QED) is 0.875. The fourth-order valence-electron chi connectivity index (χ4n) is 1.99. The zero-order valence-corrected chi connectivity index (χ0v) is 12.1. The van der Waals surface area contributed by atoms with E-state index in [1.165, 1.54) is 0 Å². The van der Waals surface area contributed by atoms with E-state index in [9.17, 15) is 0 Å². The van der Waals surface area contributed by atoms with Gasteiger partial charge < -0.3 is 14.8 Å². The molecule has 0 atom stereocenters. The predicted octanol–water partition coefficient (Wildman–Crippen LogP) is 3.41. The Morgan fingerprint density at radius 3 is 2.70 bits per heavy atom. The highest BCUT2D eigenvalue weighted by Crippen LogP contribution is 2.28. The first-order chi connectivity index (χ1) is 9.76. The van der Waals surface area contributed by atoms with Gasteiger partial charge in [-0.25, -0.2) is 0 Å². The molecule has 2 rings (SSSR count). The topological polar surface area (TPSA) is 43.4 Å². The molecule has 0 amide bonds. The van der Waals surface area contributed by atoms with E-state index in [1.807, 2.05) is 45.2 Å². The second-order valence-corrected chi connectivity index (χ2v) is 4.40. The smallest absolute Gasteiger partial charge is 0.140 e. The van der Waals surface area contributed by atoms with E-state index in [1.54, 1.807) is 12.4 Å². The number of nitrogens with one attached hydrogen (secondary N) is 1. The van der Waals surface area contributed by atoms with Gasteiger partial charge in [-0.05, 0) is 37.6 Å². The minimum atomic E-state index is 0.443. The molecule has 20 heavy (non-hydrogen) atoms. The van der Waals surface area contributed by atoms with E-state index in [4.69, 9.17) is 9.47 Å². The molecular formula is C16H20N2O2. The van der Waals surface area contributed by atoms with Gasteiger partial charge in [0, 0.05) is 18.9 Å². The second kappa shape index (κ2) is 6.80. The molecule has 1 N–H and O–H groups in total. The molecule has 0 saturated carbocycles. The highest BCUT2D eigenvalue weighted by molar-refractivity contribution is 5.57. The van der Waals surface area contributed by atoms with Crippen molar-refractivity contribution in [2.24, 2.45) is 0 Å². The number of ether oxygens (including phenoxy) is 2. The third-order valence-corrected chi connectivity index (χ3v) is 3.07. The molecular weight excluding hydrogens is 252 g/mol. The molecule has 0 saturated heterocycles. The number of aryl methyl sites for hydroxylation is 1. The highest BCUT2D eigenvalue weighted by Gasteiger charge is 2.10. The van der Waals surface area contributed by atoms with Gasteiger partial charge >= 0.3 is 0 Å². The van der Waals surface area contributed by atoms with Gasteiger partial charge in [-0.1, -0.05) is 6.07 Å². The molecule has 0 fully saturated rings. The van der Waals surface area contributed by atoms with Crippen LogP contribution in [-0.2, 0) is 6.61 Å². The van der Waals surface area contributed by atoms with Gasteiger partial charge in [0.1, 0.15) is 18.1 Å². The lowest BCUT2D eigenvalue weighted by atomic mass is 10.1. The summed E-state index contributed by atoms with van der Waals surface area (Å²) in [6, 6.07) is 7.87. The van der Waals surface area contributed by atoms with Crippen molar-refractivity contribution in [1.82, 2.24) is 4.98 Å². The Hall–Kier alpha value is -2.23. The summed E-state index contributed by atoms with van der Waals surface area (Å²) >= 11 is 0. The van der Waals surface area contributed by atoms with Crippen LogP contribution in [0.15, 0.2) is 36.7 Å². The Bertz CT molecular complexity index is 570. The lowest BCUT2D eigenvalue weighted by Crippen LogP contribution is -2.05. The Kier molecular flexibility index (Phi) is 4.82. The minimum Gasteiger partial charge on any atom is -0.493 e. The molecule has 4 heteroatoms. The SMILES string of the molecule is CCOc1cccc(NC)c1COc1cnccc1C. The number of rotatable bonds is 6. The summed E-state index contributed by atoms with van der Waals surface area (Å²) in [5, 5.41) is 3.17. The summed E-state index contributed by atoms with van der Waals surface area (Å²) in [6.45, 7) is 5.05. The maximum atomic E-state index is 5.87. The van der Waals surface area contributed by atoms with Gasteiger partial charge in [0.25, 0.3) is 0 Å². The summed E-state index contributed by atoms with van der Waals surface area (Å²) < 4.78 is 11.5. The van der Waals surface area contributed by atoms with Crippen molar-refractivity contribution < 1.29 is 9.47 Å². The fourth-order valence-corrected chi connectivity index (χ4v) is 1.99. The van der Waals surface area contributed by atoms with Crippen LogP contribution in [0.2, 0.25) is 0 Å². The second-order valence-electron chi connectivity index (χ2n) is 4.40. The third kappa shape index (κ3) is 3.20. The molecule has 0 unspecified atom stereocenters. The molecule has 1 aromatic heterocycles. The Morgan fingerprint density at radius 1 is 1.15 bits per heavy atom. The standard InChI is InChI=1S/C16H20N2O2/c1-4-19-15-7-5-6-14(17-3)13(15)11-20-16-10-18-9-8-12(16)2/h5-10,17H,4,11H2,1-3H3. The van der Waals surface area contributed by atoms with Crippen LogP contribution in [0, 0.1) is 6.92 Å². The number of benzene rings is 1. The Morgan fingerprint density at radius 2 is 2.00 bits per heavy atom. The molecule has 4 nitrogen and oxygen atoms in total. The van der Waals surface area contributed by atoms with Crippen LogP contribution in [0.3, 0.4) is 0 Å². The van der Waals surface area contributed by atoms with Gasteiger partial charge in [-0.2, -0.15) is 0 Å². The normalized spacial score (nSPS) is 10.2. The maximum Gasteiger partial charge on any atom is 0.140 e. The first kappa shape index (κ1) is 14.2. The van der Waals surface area contributed by atoms with E-state index >= 15 is 0 Å². The summed E-state index contributed by atoms with van der Waals surface area (Å²) in [7, 11) is 1.89. The van der Waals surface area contributed by atoms with Crippen LogP contribution in [0.4, 0.5) is 5.69 Å². The molecule has 2 aromatic rings. The predicted molar refractivity (Wildman–Crippen MR) is 80.5 cm³/mol. The molecule has 1 heterocycles. The Labute approximate surface area is 119 Å². The van der Waals surface area contributed by atoms with Crippen LogP contribution in [0.5, 0.6) is 11.5 Å². The largest absolute Gasteiger partial charge is 0.493 e. The number of nitrogens with zero attached hydrogens (tertiary/aromatic N) is 1. The first-order valence-electron chi connectivity index (χ1n) is 6.72. The molecule has 0 aliphatic heterocycles. The van der Waals surface area contributed by atoms with Gasteiger partial charge in [0.05, 0.1) is 18.4 Å². The van der Waals surface area contributed by atoms with Gasteiger partial charge in [0.2, 0.25) is 0 Å². The minimum absolute atomic E-state index is 0.443. The van der Waals surface area contributed by atoms with Crippen molar-refractivity contribution in [2.45, 2.75) is 20.5 Å². The van der Waals surface area contributed by atoms with Gasteiger partial charge in [-0.3, -0.25) is 4.98 Å². The van der Waals surface area contributed by atoms with Crippen LogP contribution >= 0.6 is 0 Å². The van der Waals surface area contributed by atoms with Crippen molar-refractivity contribution >= 4 is 5.69 Å². The number of aromatic nitrogens is 1. The number of pyridine rings is 1. The third-order valence-electron chi connectivity index (χ3n) is 3.07. The molecule has 0 radical (unpaired) electrons. The van der Waals surface area contributed by atoms with Crippen LogP contribution in [0.1, 0.15) is 18.1 Å². The van der Waals surface area contributed by atoms with Crippen molar-refractivity contribution in [1.29, 1.82) is 0 Å². The lowest BCUT2D eigenvalue weighted by molar-refractivity contribution is 0.285. The molecule has 0 aliphatic rings. The van der Waals surface area contributed by atoms with Crippen LogP contribution in [-0.4, -0.2) is 18.6 Å².